The highest BCUT2D eigenvalue weighted by molar-refractivity contribution is 5.30. The third kappa shape index (κ3) is 3.60. The van der Waals surface area contributed by atoms with Gasteiger partial charge in [-0.05, 0) is 31.5 Å². The molecule has 1 rings (SSSR count). The van der Waals surface area contributed by atoms with Crippen LogP contribution in [0.3, 0.4) is 0 Å². The highest BCUT2D eigenvalue weighted by Crippen LogP contribution is 2.19. The number of ether oxygens (including phenoxy) is 1. The molecule has 0 amide bonds. The Bertz CT molecular complexity index is 367. The summed E-state index contributed by atoms with van der Waals surface area (Å²) < 4.78 is 5.20. The monoisotopic (exact) mass is 217 g/mol. The van der Waals surface area contributed by atoms with Gasteiger partial charge in [0, 0.05) is 18.5 Å². The summed E-state index contributed by atoms with van der Waals surface area (Å²) in [4.78, 5) is 0. The van der Waals surface area contributed by atoms with Gasteiger partial charge in [0.15, 0.2) is 0 Å². The fraction of sp³-hybridized carbons (Fsp3) is 0.429. The summed E-state index contributed by atoms with van der Waals surface area (Å²) in [5, 5.41) is 3.45. The molecular weight excluding hydrogens is 198 g/mol. The first kappa shape index (κ1) is 12.6. The van der Waals surface area contributed by atoms with Gasteiger partial charge in [0.25, 0.3) is 0 Å². The molecule has 0 aliphatic rings. The lowest BCUT2D eigenvalue weighted by atomic mass is 10.1. The zero-order chi connectivity index (χ0) is 12.0. The zero-order valence-electron chi connectivity index (χ0n) is 10.2. The second kappa shape index (κ2) is 6.19. The number of methoxy groups -OCH3 is 1. The van der Waals surface area contributed by atoms with Gasteiger partial charge in [-0.2, -0.15) is 0 Å². The Morgan fingerprint density at radius 2 is 2.19 bits per heavy atom. The summed E-state index contributed by atoms with van der Waals surface area (Å²) >= 11 is 0. The molecule has 0 aromatic heterocycles. The number of terminal acetylenes is 1. The van der Waals surface area contributed by atoms with E-state index in [0.29, 0.717) is 6.04 Å². The number of hydrogen-bond donors (Lipinski definition) is 1. The van der Waals surface area contributed by atoms with Crippen molar-refractivity contribution in [1.82, 2.24) is 5.32 Å². The molecule has 0 saturated heterocycles. The van der Waals surface area contributed by atoms with Crippen molar-refractivity contribution in [3.8, 4) is 18.1 Å². The predicted molar refractivity (Wildman–Crippen MR) is 67.5 cm³/mol. The third-order valence-electron chi connectivity index (χ3n) is 2.55. The van der Waals surface area contributed by atoms with Gasteiger partial charge in [0.1, 0.15) is 5.75 Å². The van der Waals surface area contributed by atoms with Gasteiger partial charge < -0.3 is 10.1 Å². The van der Waals surface area contributed by atoms with Crippen molar-refractivity contribution >= 4 is 0 Å². The van der Waals surface area contributed by atoms with E-state index in [1.165, 1.54) is 5.56 Å². The van der Waals surface area contributed by atoms with Gasteiger partial charge in [-0.15, -0.1) is 12.3 Å². The molecule has 0 fully saturated rings. The summed E-state index contributed by atoms with van der Waals surface area (Å²) in [6, 6.07) is 8.67. The van der Waals surface area contributed by atoms with Crippen LogP contribution in [-0.2, 0) is 0 Å². The van der Waals surface area contributed by atoms with Gasteiger partial charge in [-0.3, -0.25) is 0 Å². The second-order valence-corrected chi connectivity index (χ2v) is 3.97. The highest BCUT2D eigenvalue weighted by atomic mass is 16.5. The smallest absolute Gasteiger partial charge is 0.119 e. The summed E-state index contributed by atoms with van der Waals surface area (Å²) in [6.45, 7) is 4.22. The first-order chi connectivity index (χ1) is 7.67. The molecule has 0 radical (unpaired) electrons. The van der Waals surface area contributed by atoms with E-state index < -0.39 is 0 Å². The fourth-order valence-electron chi connectivity index (χ4n) is 1.67. The molecule has 0 heterocycles. The lowest BCUT2D eigenvalue weighted by Crippen LogP contribution is -2.28. The molecule has 0 aliphatic heterocycles. The van der Waals surface area contributed by atoms with Gasteiger partial charge in [0.05, 0.1) is 7.11 Å². The van der Waals surface area contributed by atoms with E-state index in [9.17, 15) is 0 Å². The molecule has 2 unspecified atom stereocenters. The van der Waals surface area contributed by atoms with Gasteiger partial charge in [-0.1, -0.05) is 12.1 Å². The fourth-order valence-corrected chi connectivity index (χ4v) is 1.67. The van der Waals surface area contributed by atoms with Crippen molar-refractivity contribution in [2.24, 2.45) is 0 Å². The first-order valence-electron chi connectivity index (χ1n) is 5.50. The predicted octanol–water partition coefficient (Wildman–Crippen LogP) is 2.76. The van der Waals surface area contributed by atoms with E-state index in [0.717, 1.165) is 12.2 Å². The van der Waals surface area contributed by atoms with Crippen LogP contribution >= 0.6 is 0 Å². The Morgan fingerprint density at radius 3 is 2.81 bits per heavy atom. The zero-order valence-corrected chi connectivity index (χ0v) is 10.2. The van der Waals surface area contributed by atoms with Crippen LogP contribution in [0.25, 0.3) is 0 Å². The molecule has 1 N–H and O–H groups in total. The molecule has 1 aromatic rings. The minimum Gasteiger partial charge on any atom is -0.497 e. The topological polar surface area (TPSA) is 21.3 Å². The number of hydrogen-bond acceptors (Lipinski definition) is 2. The lowest BCUT2D eigenvalue weighted by Gasteiger charge is -2.19. The Hall–Kier alpha value is -1.46. The maximum Gasteiger partial charge on any atom is 0.119 e. The number of benzene rings is 1. The van der Waals surface area contributed by atoms with Crippen molar-refractivity contribution in [2.75, 3.05) is 7.11 Å². The average molecular weight is 217 g/mol. The van der Waals surface area contributed by atoms with E-state index in [4.69, 9.17) is 11.2 Å². The van der Waals surface area contributed by atoms with Crippen molar-refractivity contribution in [3.05, 3.63) is 29.8 Å². The van der Waals surface area contributed by atoms with Gasteiger partial charge in [0.2, 0.25) is 0 Å². The molecule has 0 spiro atoms. The maximum atomic E-state index is 5.28. The molecule has 0 saturated carbocycles. The molecule has 1 aromatic carbocycles. The number of nitrogens with one attached hydrogen (secondary N) is 1. The van der Waals surface area contributed by atoms with Crippen LogP contribution in [0.4, 0.5) is 0 Å². The first-order valence-corrected chi connectivity index (χ1v) is 5.50. The van der Waals surface area contributed by atoms with Crippen LogP contribution in [0.1, 0.15) is 31.9 Å². The normalized spacial score (nSPS) is 13.9. The molecule has 86 valence electrons. The SMILES string of the molecule is C#CCC(C)NC(C)c1cccc(OC)c1. The Balaban J connectivity index is 2.65. The highest BCUT2D eigenvalue weighted by Gasteiger charge is 2.08. The van der Waals surface area contributed by atoms with Crippen molar-refractivity contribution in [1.29, 1.82) is 0 Å². The summed E-state index contributed by atoms with van der Waals surface area (Å²) in [5.74, 6) is 3.54. The van der Waals surface area contributed by atoms with Crippen molar-refractivity contribution < 1.29 is 4.74 Å². The van der Waals surface area contributed by atoms with Crippen LogP contribution in [-0.4, -0.2) is 13.2 Å². The minimum absolute atomic E-state index is 0.276. The molecular formula is C14H19NO. The minimum atomic E-state index is 0.276. The van der Waals surface area contributed by atoms with E-state index in [-0.39, 0.29) is 6.04 Å². The summed E-state index contributed by atoms with van der Waals surface area (Å²) in [5.41, 5.74) is 1.21. The maximum absolute atomic E-state index is 5.28. The molecule has 0 aliphatic carbocycles. The van der Waals surface area contributed by atoms with E-state index >= 15 is 0 Å². The quantitative estimate of drug-likeness (QED) is 0.766. The molecule has 16 heavy (non-hydrogen) atoms. The van der Waals surface area contributed by atoms with Gasteiger partial charge >= 0.3 is 0 Å². The second-order valence-electron chi connectivity index (χ2n) is 3.97. The third-order valence-corrected chi connectivity index (χ3v) is 2.55. The summed E-state index contributed by atoms with van der Waals surface area (Å²) in [6.07, 6.45) is 6.02. The van der Waals surface area contributed by atoms with E-state index in [1.807, 2.05) is 18.2 Å². The molecule has 2 atom stereocenters. The summed E-state index contributed by atoms with van der Waals surface area (Å²) in [7, 11) is 1.68. The largest absolute Gasteiger partial charge is 0.497 e. The Kier molecular flexibility index (Phi) is 4.88. The van der Waals surface area contributed by atoms with E-state index in [2.05, 4.69) is 31.2 Å². The Labute approximate surface area is 98.0 Å². The van der Waals surface area contributed by atoms with Crippen molar-refractivity contribution in [3.63, 3.8) is 0 Å². The van der Waals surface area contributed by atoms with Crippen LogP contribution in [0, 0.1) is 12.3 Å². The molecule has 0 bridgehead atoms. The standard InChI is InChI=1S/C14H19NO/c1-5-7-11(2)15-12(3)13-8-6-9-14(10-13)16-4/h1,6,8-12,15H,7H2,2-4H3. The van der Waals surface area contributed by atoms with Crippen LogP contribution in [0.15, 0.2) is 24.3 Å². The van der Waals surface area contributed by atoms with Crippen LogP contribution < -0.4 is 10.1 Å². The van der Waals surface area contributed by atoms with Crippen LogP contribution in [0.2, 0.25) is 0 Å². The average Bonchev–Trinajstić information content (AvgIpc) is 2.29. The van der Waals surface area contributed by atoms with Crippen molar-refractivity contribution in [2.45, 2.75) is 32.4 Å². The van der Waals surface area contributed by atoms with Crippen LogP contribution in [0.5, 0.6) is 5.75 Å². The molecule has 2 heteroatoms. The Morgan fingerprint density at radius 1 is 1.44 bits per heavy atom. The number of rotatable bonds is 5. The van der Waals surface area contributed by atoms with Gasteiger partial charge in [-0.25, -0.2) is 0 Å². The van der Waals surface area contributed by atoms with E-state index in [1.54, 1.807) is 7.11 Å². The molecule has 2 nitrogen and oxygen atoms in total. The lowest BCUT2D eigenvalue weighted by molar-refractivity contribution is 0.412.